The second-order valence-electron chi connectivity index (χ2n) is 2.84. The molecule has 2 atom stereocenters. The Morgan fingerprint density at radius 1 is 1.62 bits per heavy atom. The summed E-state index contributed by atoms with van der Waals surface area (Å²) in [6.07, 6.45) is -1.21. The number of urea groups is 1. The molecule has 0 saturated carbocycles. The number of carbonyl (C=O) groups excluding carboxylic acids is 2. The first kappa shape index (κ1) is 9.91. The van der Waals surface area contributed by atoms with Crippen molar-refractivity contribution in [1.29, 1.82) is 0 Å². The first-order valence-corrected chi connectivity index (χ1v) is 3.91. The van der Waals surface area contributed by atoms with Gasteiger partial charge in [0.25, 0.3) is 5.91 Å². The lowest BCUT2D eigenvalue weighted by atomic mass is 10.0. The van der Waals surface area contributed by atoms with Crippen molar-refractivity contribution in [2.45, 2.75) is 25.7 Å². The molecule has 2 N–H and O–H groups in total. The third-order valence-electron chi connectivity index (χ3n) is 1.76. The quantitative estimate of drug-likeness (QED) is 0.639. The summed E-state index contributed by atoms with van der Waals surface area (Å²) in [6, 6.07) is -0.737. The highest BCUT2D eigenvalue weighted by atomic mass is 19.1. The van der Waals surface area contributed by atoms with Crippen LogP contribution in [0.2, 0.25) is 0 Å². The number of halogens is 1. The van der Waals surface area contributed by atoms with E-state index >= 15 is 0 Å². The molecule has 1 aliphatic rings. The molecular weight excluding hydrogens is 179 g/mol. The minimum Gasteiger partial charge on any atom is -0.355 e. The van der Waals surface area contributed by atoms with Gasteiger partial charge in [-0.25, -0.2) is 9.18 Å². The van der Waals surface area contributed by atoms with Crippen molar-refractivity contribution in [3.05, 3.63) is 0 Å². The van der Waals surface area contributed by atoms with Gasteiger partial charge in [0.2, 0.25) is 5.67 Å². The van der Waals surface area contributed by atoms with Crippen molar-refractivity contribution in [1.82, 2.24) is 10.6 Å². The Kier molecular flexibility index (Phi) is 2.51. The molecule has 0 aromatic carbocycles. The summed E-state index contributed by atoms with van der Waals surface area (Å²) in [4.78, 5) is 21.7. The zero-order valence-electron chi connectivity index (χ0n) is 7.39. The van der Waals surface area contributed by atoms with Gasteiger partial charge in [0.1, 0.15) is 0 Å². The molecule has 0 bridgehead atoms. The number of carbonyl (C=O) groups is 2. The monoisotopic (exact) mass is 190 g/mol. The number of nitrogens with one attached hydrogen (secondary N) is 2. The van der Waals surface area contributed by atoms with E-state index in [1.807, 2.05) is 5.32 Å². The molecule has 13 heavy (non-hydrogen) atoms. The Bertz CT molecular complexity index is 242. The predicted octanol–water partition coefficient (Wildman–Crippen LogP) is -0.0834. The van der Waals surface area contributed by atoms with Crippen LogP contribution in [0.5, 0.6) is 0 Å². The standard InChI is InChI=1S/C7H11FN2O3/c1-3-13-5-7(2,8)4(11)9-6(12)10-5/h5H,3H2,1-2H3,(H2,9,10,11,12)/t5-,7-/m0/s1. The smallest absolute Gasteiger partial charge is 0.323 e. The Morgan fingerprint density at radius 2 is 2.23 bits per heavy atom. The van der Waals surface area contributed by atoms with E-state index in [-0.39, 0.29) is 6.61 Å². The molecule has 6 heteroatoms. The molecule has 3 amide bonds. The van der Waals surface area contributed by atoms with E-state index < -0.39 is 23.8 Å². The predicted molar refractivity (Wildman–Crippen MR) is 41.6 cm³/mol. The fourth-order valence-electron chi connectivity index (χ4n) is 1.000. The molecule has 0 aromatic heterocycles. The average Bonchev–Trinajstić information content (AvgIpc) is 2.01. The summed E-state index contributed by atoms with van der Waals surface area (Å²) in [5.41, 5.74) is -2.22. The molecular formula is C7H11FN2O3. The van der Waals surface area contributed by atoms with E-state index in [9.17, 15) is 14.0 Å². The van der Waals surface area contributed by atoms with Crippen molar-refractivity contribution < 1.29 is 18.7 Å². The zero-order chi connectivity index (χ0) is 10.1. The zero-order valence-corrected chi connectivity index (χ0v) is 7.39. The third-order valence-corrected chi connectivity index (χ3v) is 1.76. The van der Waals surface area contributed by atoms with Gasteiger partial charge in [-0.15, -0.1) is 0 Å². The topological polar surface area (TPSA) is 67.4 Å². The van der Waals surface area contributed by atoms with Gasteiger partial charge in [0, 0.05) is 6.61 Å². The van der Waals surface area contributed by atoms with Crippen LogP contribution >= 0.6 is 0 Å². The maximum Gasteiger partial charge on any atom is 0.323 e. The Balaban J connectivity index is 2.78. The van der Waals surface area contributed by atoms with Gasteiger partial charge in [0.15, 0.2) is 6.23 Å². The fourth-order valence-corrected chi connectivity index (χ4v) is 1.000. The third kappa shape index (κ3) is 1.77. The van der Waals surface area contributed by atoms with Crippen LogP contribution < -0.4 is 10.6 Å². The van der Waals surface area contributed by atoms with Crippen LogP contribution in [0.3, 0.4) is 0 Å². The Hall–Kier alpha value is -1.17. The maximum atomic E-state index is 13.5. The van der Waals surface area contributed by atoms with E-state index in [0.717, 1.165) is 6.92 Å². The first-order chi connectivity index (χ1) is 5.98. The van der Waals surface area contributed by atoms with Gasteiger partial charge in [-0.2, -0.15) is 0 Å². The number of hydrogen-bond donors (Lipinski definition) is 2. The van der Waals surface area contributed by atoms with Crippen molar-refractivity contribution in [3.8, 4) is 0 Å². The molecule has 5 nitrogen and oxygen atoms in total. The number of imide groups is 1. The lowest BCUT2D eigenvalue weighted by molar-refractivity contribution is -0.146. The van der Waals surface area contributed by atoms with Gasteiger partial charge in [-0.1, -0.05) is 0 Å². The summed E-state index contributed by atoms with van der Waals surface area (Å²) in [5.74, 6) is -0.977. The molecule has 0 unspecified atom stereocenters. The molecule has 0 radical (unpaired) electrons. The van der Waals surface area contributed by atoms with Crippen LogP contribution in [0.4, 0.5) is 9.18 Å². The van der Waals surface area contributed by atoms with E-state index in [1.54, 1.807) is 6.92 Å². The highest BCUT2D eigenvalue weighted by molar-refractivity contribution is 6.01. The SMILES string of the molecule is CCO[C@@H]1NC(=O)NC(=O)[C@]1(C)F. The summed E-state index contributed by atoms with van der Waals surface area (Å²) in [7, 11) is 0. The van der Waals surface area contributed by atoms with E-state index in [2.05, 4.69) is 5.32 Å². The molecule has 0 aliphatic carbocycles. The largest absolute Gasteiger partial charge is 0.355 e. The molecule has 1 aliphatic heterocycles. The molecule has 0 spiro atoms. The molecule has 1 fully saturated rings. The van der Waals surface area contributed by atoms with Gasteiger partial charge in [0.05, 0.1) is 0 Å². The Morgan fingerprint density at radius 3 is 2.77 bits per heavy atom. The Labute approximate surface area is 74.6 Å². The average molecular weight is 190 g/mol. The van der Waals surface area contributed by atoms with Gasteiger partial charge in [-0.3, -0.25) is 10.1 Å². The summed E-state index contributed by atoms with van der Waals surface area (Å²) in [5, 5.41) is 3.98. The summed E-state index contributed by atoms with van der Waals surface area (Å²) < 4.78 is 18.4. The van der Waals surface area contributed by atoms with Gasteiger partial charge < -0.3 is 10.1 Å². The normalized spacial score (nSPS) is 33.9. The molecule has 74 valence electrons. The van der Waals surface area contributed by atoms with Crippen LogP contribution in [0, 0.1) is 0 Å². The molecule has 0 aromatic rings. The summed E-state index contributed by atoms with van der Waals surface area (Å²) in [6.45, 7) is 2.93. The van der Waals surface area contributed by atoms with Crippen molar-refractivity contribution >= 4 is 11.9 Å². The van der Waals surface area contributed by atoms with Gasteiger partial charge >= 0.3 is 6.03 Å². The number of alkyl halides is 1. The molecule has 1 heterocycles. The first-order valence-electron chi connectivity index (χ1n) is 3.91. The molecule has 1 saturated heterocycles. The van der Waals surface area contributed by atoms with Crippen molar-refractivity contribution in [2.24, 2.45) is 0 Å². The van der Waals surface area contributed by atoms with Crippen molar-refractivity contribution in [3.63, 3.8) is 0 Å². The van der Waals surface area contributed by atoms with Crippen molar-refractivity contribution in [2.75, 3.05) is 6.61 Å². The van der Waals surface area contributed by atoms with Crippen LogP contribution in [-0.4, -0.2) is 30.4 Å². The number of ether oxygens (including phenoxy) is 1. The van der Waals surface area contributed by atoms with E-state index in [0.29, 0.717) is 0 Å². The minimum absolute atomic E-state index is 0.220. The number of rotatable bonds is 2. The van der Waals surface area contributed by atoms with Crippen LogP contribution in [0.1, 0.15) is 13.8 Å². The number of hydrogen-bond acceptors (Lipinski definition) is 3. The van der Waals surface area contributed by atoms with Crippen LogP contribution in [0.25, 0.3) is 0 Å². The number of amides is 3. The highest BCUT2D eigenvalue weighted by Crippen LogP contribution is 2.19. The van der Waals surface area contributed by atoms with Crippen LogP contribution in [0.15, 0.2) is 0 Å². The lowest BCUT2D eigenvalue weighted by Crippen LogP contribution is -2.66. The second-order valence-corrected chi connectivity index (χ2v) is 2.84. The fraction of sp³-hybridized carbons (Fsp3) is 0.714. The summed E-state index contributed by atoms with van der Waals surface area (Å²) >= 11 is 0. The molecule has 1 rings (SSSR count). The van der Waals surface area contributed by atoms with Crippen LogP contribution in [-0.2, 0) is 9.53 Å². The van der Waals surface area contributed by atoms with Gasteiger partial charge in [-0.05, 0) is 13.8 Å². The minimum atomic E-state index is -2.22. The lowest BCUT2D eigenvalue weighted by Gasteiger charge is -2.33. The highest BCUT2D eigenvalue weighted by Gasteiger charge is 2.48. The van der Waals surface area contributed by atoms with E-state index in [4.69, 9.17) is 4.74 Å². The second kappa shape index (κ2) is 3.29. The van der Waals surface area contributed by atoms with E-state index in [1.165, 1.54) is 0 Å². The maximum absolute atomic E-state index is 13.5.